The second-order valence-electron chi connectivity index (χ2n) is 5.22. The summed E-state index contributed by atoms with van der Waals surface area (Å²) in [6.07, 6.45) is 2.70. The van der Waals surface area contributed by atoms with E-state index in [0.717, 1.165) is 25.2 Å². The number of hydrogen-bond donors (Lipinski definition) is 4. The lowest BCUT2D eigenvalue weighted by Gasteiger charge is -2.15. The Morgan fingerprint density at radius 3 is 2.19 bits per heavy atom. The molecule has 0 aromatic heterocycles. The Morgan fingerprint density at radius 1 is 1.06 bits per heavy atom. The highest BCUT2D eigenvalue weighted by atomic mass is 16.3. The molecule has 16 heavy (non-hydrogen) atoms. The Labute approximate surface area is 97.7 Å². The van der Waals surface area contributed by atoms with Gasteiger partial charge in [0.25, 0.3) is 0 Å². The van der Waals surface area contributed by atoms with Gasteiger partial charge in [-0.15, -0.1) is 0 Å². The largest absolute Gasteiger partial charge is 0.395 e. The number of aliphatic hydroxyl groups excluding tert-OH is 3. The van der Waals surface area contributed by atoms with E-state index in [1.807, 2.05) is 0 Å². The molecule has 1 fully saturated rings. The van der Waals surface area contributed by atoms with Crippen LogP contribution in [-0.2, 0) is 0 Å². The predicted molar refractivity (Wildman–Crippen MR) is 63.1 cm³/mol. The molecule has 0 radical (unpaired) electrons. The molecule has 0 unspecified atom stereocenters. The Morgan fingerprint density at radius 2 is 1.69 bits per heavy atom. The van der Waals surface area contributed by atoms with Crippen molar-refractivity contribution in [3.05, 3.63) is 0 Å². The maximum atomic E-state index is 9.74. The first-order chi connectivity index (χ1) is 7.56. The quantitative estimate of drug-likeness (QED) is 0.495. The van der Waals surface area contributed by atoms with E-state index in [9.17, 15) is 10.2 Å². The van der Waals surface area contributed by atoms with Gasteiger partial charge in [0.2, 0.25) is 0 Å². The van der Waals surface area contributed by atoms with Gasteiger partial charge >= 0.3 is 0 Å². The van der Waals surface area contributed by atoms with Gasteiger partial charge in [0.05, 0.1) is 24.9 Å². The summed E-state index contributed by atoms with van der Waals surface area (Å²) in [6.45, 7) is 4.28. The number of unbranched alkanes of at least 4 members (excludes halogenated alkanes) is 1. The lowest BCUT2D eigenvalue weighted by atomic mass is 10.00. The van der Waals surface area contributed by atoms with Crippen LogP contribution in [-0.4, -0.2) is 46.2 Å². The molecule has 0 amide bonds. The van der Waals surface area contributed by atoms with E-state index < -0.39 is 12.2 Å². The zero-order chi connectivity index (χ0) is 12.1. The average Bonchev–Trinajstić information content (AvgIpc) is 2.51. The third kappa shape index (κ3) is 3.70. The van der Waals surface area contributed by atoms with Gasteiger partial charge in [0.15, 0.2) is 0 Å². The van der Waals surface area contributed by atoms with Crippen LogP contribution in [0.15, 0.2) is 0 Å². The molecule has 1 aliphatic rings. The summed E-state index contributed by atoms with van der Waals surface area (Å²) in [5, 5.41) is 31.4. The van der Waals surface area contributed by atoms with Gasteiger partial charge in [-0.2, -0.15) is 0 Å². The van der Waals surface area contributed by atoms with Crippen LogP contribution >= 0.6 is 0 Å². The van der Waals surface area contributed by atoms with Crippen LogP contribution in [0.5, 0.6) is 0 Å². The Hall–Kier alpha value is -0.160. The van der Waals surface area contributed by atoms with Crippen LogP contribution in [0, 0.1) is 5.92 Å². The first-order valence-electron chi connectivity index (χ1n) is 6.29. The van der Waals surface area contributed by atoms with Crippen molar-refractivity contribution in [2.24, 2.45) is 5.92 Å². The molecule has 0 bridgehead atoms. The molecule has 1 aliphatic heterocycles. The minimum Gasteiger partial charge on any atom is -0.395 e. The molecular formula is C12H25NO3. The molecule has 0 aromatic carbocycles. The first-order valence-corrected chi connectivity index (χ1v) is 6.29. The highest BCUT2D eigenvalue weighted by Gasteiger charge is 2.39. The molecule has 4 nitrogen and oxygen atoms in total. The Balaban J connectivity index is 2.22. The van der Waals surface area contributed by atoms with Crippen molar-refractivity contribution in [2.75, 3.05) is 6.61 Å². The molecule has 4 heteroatoms. The van der Waals surface area contributed by atoms with Gasteiger partial charge in [-0.1, -0.05) is 33.1 Å². The highest BCUT2D eigenvalue weighted by molar-refractivity contribution is 4.97. The summed E-state index contributed by atoms with van der Waals surface area (Å²) in [6, 6.07) is -0.440. The van der Waals surface area contributed by atoms with Crippen LogP contribution in [0.25, 0.3) is 0 Å². The Kier molecular flexibility index (Phi) is 5.69. The minimum absolute atomic E-state index is 0.0701. The molecular weight excluding hydrogens is 206 g/mol. The summed E-state index contributed by atoms with van der Waals surface area (Å²) in [7, 11) is 0. The molecule has 0 spiro atoms. The number of nitrogens with one attached hydrogen (secondary N) is 1. The summed E-state index contributed by atoms with van der Waals surface area (Å²) in [4.78, 5) is 0. The van der Waals surface area contributed by atoms with Crippen molar-refractivity contribution in [1.82, 2.24) is 5.32 Å². The first kappa shape index (κ1) is 13.9. The van der Waals surface area contributed by atoms with Crippen molar-refractivity contribution < 1.29 is 15.3 Å². The van der Waals surface area contributed by atoms with Crippen LogP contribution in [0.2, 0.25) is 0 Å². The van der Waals surface area contributed by atoms with Crippen LogP contribution < -0.4 is 5.32 Å². The lowest BCUT2D eigenvalue weighted by Crippen LogP contribution is -2.36. The zero-order valence-electron chi connectivity index (χ0n) is 10.3. The highest BCUT2D eigenvalue weighted by Crippen LogP contribution is 2.19. The monoisotopic (exact) mass is 231 g/mol. The third-order valence-corrected chi connectivity index (χ3v) is 3.35. The number of hydrogen-bond acceptors (Lipinski definition) is 4. The van der Waals surface area contributed by atoms with Gasteiger partial charge in [0, 0.05) is 6.04 Å². The van der Waals surface area contributed by atoms with E-state index in [-0.39, 0.29) is 18.7 Å². The standard InChI is InChI=1S/C12H25NO3/c1-8(2)5-3-4-6-9-11(15)12(16)10(7-14)13-9/h8-16H,3-7H2,1-2H3/t9-,10-,11-,12-/m0/s1. The smallest absolute Gasteiger partial charge is 0.0989 e. The van der Waals surface area contributed by atoms with Crippen molar-refractivity contribution in [3.8, 4) is 0 Å². The van der Waals surface area contributed by atoms with Crippen molar-refractivity contribution in [3.63, 3.8) is 0 Å². The van der Waals surface area contributed by atoms with E-state index in [2.05, 4.69) is 19.2 Å². The zero-order valence-corrected chi connectivity index (χ0v) is 10.3. The molecule has 1 saturated heterocycles. The molecule has 0 aromatic rings. The Bertz CT molecular complexity index is 199. The van der Waals surface area contributed by atoms with Crippen LogP contribution in [0.4, 0.5) is 0 Å². The average molecular weight is 231 g/mol. The van der Waals surface area contributed by atoms with E-state index in [0.29, 0.717) is 0 Å². The fourth-order valence-corrected chi connectivity index (χ4v) is 2.28. The normalized spacial score (nSPS) is 34.9. The van der Waals surface area contributed by atoms with Gasteiger partial charge in [-0.3, -0.25) is 0 Å². The number of aliphatic hydroxyl groups is 3. The van der Waals surface area contributed by atoms with E-state index in [1.54, 1.807) is 0 Å². The SMILES string of the molecule is CC(C)CCCC[C@@H]1N[C@@H](CO)[C@H](O)[C@H]1O. The van der Waals surface area contributed by atoms with Crippen LogP contribution in [0.3, 0.4) is 0 Å². The van der Waals surface area contributed by atoms with E-state index >= 15 is 0 Å². The molecule has 0 saturated carbocycles. The molecule has 0 aliphatic carbocycles. The second-order valence-corrected chi connectivity index (χ2v) is 5.22. The maximum Gasteiger partial charge on any atom is 0.0989 e. The molecule has 4 N–H and O–H groups in total. The number of rotatable bonds is 6. The third-order valence-electron chi connectivity index (χ3n) is 3.35. The van der Waals surface area contributed by atoms with Gasteiger partial charge in [-0.05, 0) is 12.3 Å². The predicted octanol–water partition coefficient (Wildman–Crippen LogP) is 0.257. The molecule has 1 heterocycles. The molecule has 4 atom stereocenters. The minimum atomic E-state index is -0.833. The van der Waals surface area contributed by atoms with E-state index in [4.69, 9.17) is 5.11 Å². The topological polar surface area (TPSA) is 72.7 Å². The van der Waals surface area contributed by atoms with Crippen molar-refractivity contribution >= 4 is 0 Å². The summed E-state index contributed by atoms with van der Waals surface area (Å²) >= 11 is 0. The second kappa shape index (κ2) is 6.55. The fraction of sp³-hybridized carbons (Fsp3) is 1.00. The molecule has 1 rings (SSSR count). The van der Waals surface area contributed by atoms with Crippen molar-refractivity contribution in [1.29, 1.82) is 0 Å². The van der Waals surface area contributed by atoms with Gasteiger partial charge in [-0.25, -0.2) is 0 Å². The lowest BCUT2D eigenvalue weighted by molar-refractivity contribution is 0.0185. The maximum absolute atomic E-state index is 9.74. The van der Waals surface area contributed by atoms with Gasteiger partial charge in [0.1, 0.15) is 0 Å². The fourth-order valence-electron chi connectivity index (χ4n) is 2.28. The van der Waals surface area contributed by atoms with Gasteiger partial charge < -0.3 is 20.6 Å². The molecule has 96 valence electrons. The van der Waals surface area contributed by atoms with Crippen LogP contribution in [0.1, 0.15) is 39.5 Å². The summed E-state index contributed by atoms with van der Waals surface area (Å²) in [5.74, 6) is 0.720. The summed E-state index contributed by atoms with van der Waals surface area (Å²) in [5.41, 5.74) is 0. The van der Waals surface area contributed by atoms with E-state index in [1.165, 1.54) is 6.42 Å². The summed E-state index contributed by atoms with van der Waals surface area (Å²) < 4.78 is 0. The van der Waals surface area contributed by atoms with Crippen molar-refractivity contribution in [2.45, 2.75) is 63.8 Å².